The molecule has 4 heteroatoms. The number of aliphatic hydroxyl groups excluding tert-OH is 1. The lowest BCUT2D eigenvalue weighted by molar-refractivity contribution is 0.149. The van der Waals surface area contributed by atoms with Gasteiger partial charge in [0.05, 0.1) is 19.4 Å². The van der Waals surface area contributed by atoms with Gasteiger partial charge in [0.15, 0.2) is 0 Å². The van der Waals surface area contributed by atoms with Crippen LogP contribution in [0.15, 0.2) is 22.7 Å². The molecular formula is C13H20BrNO2. The highest BCUT2D eigenvalue weighted by atomic mass is 79.9. The fourth-order valence-electron chi connectivity index (χ4n) is 1.37. The Morgan fingerprint density at radius 1 is 1.47 bits per heavy atom. The van der Waals surface area contributed by atoms with Gasteiger partial charge in [0.1, 0.15) is 5.75 Å². The monoisotopic (exact) mass is 301 g/mol. The SMILES string of the molecule is CCC(C)(CO)CNc1cc(OC)ccc1Br. The summed E-state index contributed by atoms with van der Waals surface area (Å²) in [5, 5.41) is 12.7. The summed E-state index contributed by atoms with van der Waals surface area (Å²) in [6.07, 6.45) is 0.929. The molecule has 0 fully saturated rings. The summed E-state index contributed by atoms with van der Waals surface area (Å²) in [7, 11) is 1.65. The van der Waals surface area contributed by atoms with E-state index in [2.05, 4.69) is 35.1 Å². The average Bonchev–Trinajstić information content (AvgIpc) is 2.37. The van der Waals surface area contributed by atoms with Gasteiger partial charge in [-0.3, -0.25) is 0 Å². The molecule has 2 N–H and O–H groups in total. The van der Waals surface area contributed by atoms with E-state index in [1.807, 2.05) is 18.2 Å². The molecule has 1 rings (SSSR count). The molecule has 1 aromatic rings. The summed E-state index contributed by atoms with van der Waals surface area (Å²) in [6.45, 7) is 5.05. The molecule has 3 nitrogen and oxygen atoms in total. The Hall–Kier alpha value is -0.740. The van der Waals surface area contributed by atoms with Gasteiger partial charge in [0.2, 0.25) is 0 Å². The third-order valence-electron chi connectivity index (χ3n) is 3.11. The maximum atomic E-state index is 9.36. The van der Waals surface area contributed by atoms with Crippen molar-refractivity contribution in [1.82, 2.24) is 0 Å². The Kier molecular flexibility index (Phi) is 5.28. The fourth-order valence-corrected chi connectivity index (χ4v) is 1.75. The van der Waals surface area contributed by atoms with Crippen molar-refractivity contribution in [2.24, 2.45) is 5.41 Å². The molecule has 0 aliphatic rings. The number of benzene rings is 1. The van der Waals surface area contributed by atoms with Gasteiger partial charge in [-0.25, -0.2) is 0 Å². The van der Waals surface area contributed by atoms with Crippen molar-refractivity contribution < 1.29 is 9.84 Å². The van der Waals surface area contributed by atoms with Crippen molar-refractivity contribution in [1.29, 1.82) is 0 Å². The molecule has 0 aliphatic carbocycles. The number of nitrogens with one attached hydrogen (secondary N) is 1. The summed E-state index contributed by atoms with van der Waals surface area (Å²) in [5.41, 5.74) is 0.889. The highest BCUT2D eigenvalue weighted by molar-refractivity contribution is 9.10. The summed E-state index contributed by atoms with van der Waals surface area (Å²) in [4.78, 5) is 0. The van der Waals surface area contributed by atoms with Crippen molar-refractivity contribution >= 4 is 21.6 Å². The van der Waals surface area contributed by atoms with Crippen LogP contribution in [-0.4, -0.2) is 25.4 Å². The van der Waals surface area contributed by atoms with Gasteiger partial charge < -0.3 is 15.2 Å². The Morgan fingerprint density at radius 2 is 2.18 bits per heavy atom. The van der Waals surface area contributed by atoms with Gasteiger partial charge in [-0.2, -0.15) is 0 Å². The molecule has 0 aromatic heterocycles. The lowest BCUT2D eigenvalue weighted by atomic mass is 9.88. The van der Waals surface area contributed by atoms with Crippen LogP contribution in [0.4, 0.5) is 5.69 Å². The predicted octanol–water partition coefficient (Wildman–Crippen LogP) is 3.28. The second kappa shape index (κ2) is 6.26. The van der Waals surface area contributed by atoms with E-state index >= 15 is 0 Å². The zero-order valence-corrected chi connectivity index (χ0v) is 12.2. The molecule has 1 atom stereocenters. The third kappa shape index (κ3) is 3.89. The summed E-state index contributed by atoms with van der Waals surface area (Å²) >= 11 is 3.49. The highest BCUT2D eigenvalue weighted by Gasteiger charge is 2.20. The molecule has 96 valence electrons. The number of hydrogen-bond acceptors (Lipinski definition) is 3. The van der Waals surface area contributed by atoms with E-state index in [1.54, 1.807) is 7.11 Å². The highest BCUT2D eigenvalue weighted by Crippen LogP contribution is 2.29. The van der Waals surface area contributed by atoms with Crippen LogP contribution in [-0.2, 0) is 0 Å². The molecular weight excluding hydrogens is 282 g/mol. The largest absolute Gasteiger partial charge is 0.497 e. The maximum Gasteiger partial charge on any atom is 0.121 e. The van der Waals surface area contributed by atoms with E-state index in [4.69, 9.17) is 4.74 Å². The van der Waals surface area contributed by atoms with Crippen LogP contribution >= 0.6 is 15.9 Å². The first-order valence-electron chi connectivity index (χ1n) is 5.73. The first kappa shape index (κ1) is 14.3. The molecule has 0 saturated heterocycles. The van der Waals surface area contributed by atoms with E-state index in [9.17, 15) is 5.11 Å². The van der Waals surface area contributed by atoms with Crippen LogP contribution in [0.3, 0.4) is 0 Å². The van der Waals surface area contributed by atoms with Gasteiger partial charge in [0.25, 0.3) is 0 Å². The average molecular weight is 302 g/mol. The maximum absolute atomic E-state index is 9.36. The Labute approximate surface area is 111 Å². The van der Waals surface area contributed by atoms with E-state index in [1.165, 1.54) is 0 Å². The zero-order chi connectivity index (χ0) is 12.9. The van der Waals surface area contributed by atoms with Gasteiger partial charge in [-0.15, -0.1) is 0 Å². The number of halogens is 1. The van der Waals surface area contributed by atoms with Gasteiger partial charge in [0, 0.05) is 22.5 Å². The quantitative estimate of drug-likeness (QED) is 0.847. The second-order valence-electron chi connectivity index (χ2n) is 4.52. The molecule has 0 aliphatic heterocycles. The third-order valence-corrected chi connectivity index (χ3v) is 3.81. The van der Waals surface area contributed by atoms with Crippen molar-refractivity contribution in [2.45, 2.75) is 20.3 Å². The molecule has 17 heavy (non-hydrogen) atoms. The summed E-state index contributed by atoms with van der Waals surface area (Å²) < 4.78 is 6.18. The van der Waals surface area contributed by atoms with E-state index in [0.717, 1.165) is 28.9 Å². The topological polar surface area (TPSA) is 41.5 Å². The minimum absolute atomic E-state index is 0.0947. The van der Waals surface area contributed by atoms with Crippen LogP contribution < -0.4 is 10.1 Å². The fraction of sp³-hybridized carbons (Fsp3) is 0.538. The first-order chi connectivity index (χ1) is 8.04. The lowest BCUT2D eigenvalue weighted by Crippen LogP contribution is -2.29. The molecule has 0 radical (unpaired) electrons. The van der Waals surface area contributed by atoms with Crippen LogP contribution in [0, 0.1) is 5.41 Å². The van der Waals surface area contributed by atoms with Crippen LogP contribution in [0.1, 0.15) is 20.3 Å². The minimum Gasteiger partial charge on any atom is -0.497 e. The predicted molar refractivity (Wildman–Crippen MR) is 74.7 cm³/mol. The van der Waals surface area contributed by atoms with Gasteiger partial charge in [-0.05, 0) is 34.5 Å². The van der Waals surface area contributed by atoms with Crippen molar-refractivity contribution in [3.63, 3.8) is 0 Å². The second-order valence-corrected chi connectivity index (χ2v) is 5.38. The molecule has 1 aromatic carbocycles. The lowest BCUT2D eigenvalue weighted by Gasteiger charge is -2.26. The standard InChI is InChI=1S/C13H20BrNO2/c1-4-13(2,9-16)8-15-12-7-10(17-3)5-6-11(12)14/h5-7,15-16H,4,8-9H2,1-3H3. The molecule has 0 spiro atoms. The normalized spacial score (nSPS) is 14.2. The van der Waals surface area contributed by atoms with Crippen molar-refractivity contribution in [2.75, 3.05) is 25.6 Å². The number of hydrogen-bond donors (Lipinski definition) is 2. The van der Waals surface area contributed by atoms with Crippen LogP contribution in [0.2, 0.25) is 0 Å². The molecule has 0 bridgehead atoms. The Morgan fingerprint density at radius 3 is 2.71 bits per heavy atom. The Bertz CT molecular complexity index is 364. The van der Waals surface area contributed by atoms with E-state index < -0.39 is 0 Å². The van der Waals surface area contributed by atoms with E-state index in [0.29, 0.717) is 0 Å². The number of rotatable bonds is 6. The Balaban J connectivity index is 2.74. The first-order valence-corrected chi connectivity index (χ1v) is 6.52. The smallest absolute Gasteiger partial charge is 0.121 e. The number of aliphatic hydroxyl groups is 1. The van der Waals surface area contributed by atoms with Crippen LogP contribution in [0.5, 0.6) is 5.75 Å². The number of methoxy groups -OCH3 is 1. The number of anilines is 1. The molecule has 0 saturated carbocycles. The van der Waals surface area contributed by atoms with Crippen LogP contribution in [0.25, 0.3) is 0 Å². The molecule has 1 unspecified atom stereocenters. The molecule has 0 amide bonds. The van der Waals surface area contributed by atoms with Crippen molar-refractivity contribution in [3.8, 4) is 5.75 Å². The van der Waals surface area contributed by atoms with Gasteiger partial charge in [-0.1, -0.05) is 13.8 Å². The van der Waals surface area contributed by atoms with E-state index in [-0.39, 0.29) is 12.0 Å². The summed E-state index contributed by atoms with van der Waals surface area (Å²) in [6, 6.07) is 5.79. The summed E-state index contributed by atoms with van der Waals surface area (Å²) in [5.74, 6) is 0.818. The molecule has 0 heterocycles. The number of ether oxygens (including phenoxy) is 1. The zero-order valence-electron chi connectivity index (χ0n) is 10.6. The minimum atomic E-state index is -0.0947. The van der Waals surface area contributed by atoms with Gasteiger partial charge >= 0.3 is 0 Å². The van der Waals surface area contributed by atoms with Crippen molar-refractivity contribution in [3.05, 3.63) is 22.7 Å².